The van der Waals surface area contributed by atoms with Crippen LogP contribution >= 0.6 is 24.3 Å². The summed E-state index contributed by atoms with van der Waals surface area (Å²) >= 11 is 6.32. The van der Waals surface area contributed by atoms with Crippen LogP contribution in [0, 0.1) is 18.6 Å². The van der Waals surface area contributed by atoms with Gasteiger partial charge in [-0.25, -0.2) is 5.48 Å². The molecule has 1 atom stereocenters. The van der Waals surface area contributed by atoms with Gasteiger partial charge in [-0.15, -0.1) is 9.32 Å². The van der Waals surface area contributed by atoms with Crippen molar-refractivity contribution in [2.24, 2.45) is 0 Å². The number of aromatic nitrogens is 3. The van der Waals surface area contributed by atoms with Crippen LogP contribution in [0.1, 0.15) is 17.5 Å². The van der Waals surface area contributed by atoms with Crippen LogP contribution < -0.4 is 15.7 Å². The van der Waals surface area contributed by atoms with Crippen molar-refractivity contribution in [3.05, 3.63) is 58.6 Å². The van der Waals surface area contributed by atoms with Crippen molar-refractivity contribution in [3.8, 4) is 5.69 Å². The molecule has 0 bridgehead atoms. The van der Waals surface area contributed by atoms with Crippen molar-refractivity contribution in [1.29, 1.82) is 0 Å². The van der Waals surface area contributed by atoms with E-state index in [2.05, 4.69) is 32.8 Å². The third-order valence-electron chi connectivity index (χ3n) is 5.57. The van der Waals surface area contributed by atoms with E-state index in [1.165, 1.54) is 0 Å². The molecule has 34 heavy (non-hydrogen) atoms. The highest BCUT2D eigenvalue weighted by Gasteiger charge is 2.24. The molecule has 4 N–H and O–H groups in total. The van der Waals surface area contributed by atoms with Gasteiger partial charge in [-0.3, -0.25) is 14.5 Å². The van der Waals surface area contributed by atoms with E-state index in [0.29, 0.717) is 17.0 Å². The van der Waals surface area contributed by atoms with Gasteiger partial charge in [0.2, 0.25) is 0 Å². The second-order valence-electron chi connectivity index (χ2n) is 7.97. The maximum absolute atomic E-state index is 11.1. The summed E-state index contributed by atoms with van der Waals surface area (Å²) in [4.78, 5) is 19.5. The Morgan fingerprint density at radius 3 is 2.97 bits per heavy atom. The van der Waals surface area contributed by atoms with E-state index >= 15 is 0 Å². The molecule has 1 unspecified atom stereocenters. The summed E-state index contributed by atoms with van der Waals surface area (Å²) < 4.78 is 7.60. The van der Waals surface area contributed by atoms with E-state index < -0.39 is 5.97 Å². The SMILES string of the molecule is Cc1ccc(SOONc2cccc(-n3cn[nH]c3=S)c2)c(C)c1N1CCNC(CC(=O)O)C1. The maximum atomic E-state index is 11.1. The Hall–Kier alpha value is -2.90. The third-order valence-corrected chi connectivity index (χ3v) is 6.62. The molecule has 3 aromatic rings. The number of aromatic amines is 1. The zero-order chi connectivity index (χ0) is 24.1. The Balaban J connectivity index is 1.37. The number of rotatable bonds is 9. The predicted octanol–water partition coefficient (Wildman–Crippen LogP) is 3.78. The molecule has 12 heteroatoms. The summed E-state index contributed by atoms with van der Waals surface area (Å²) in [5.41, 5.74) is 7.58. The lowest BCUT2D eigenvalue weighted by Gasteiger charge is -2.36. The van der Waals surface area contributed by atoms with Crippen molar-refractivity contribution in [2.45, 2.75) is 31.2 Å². The van der Waals surface area contributed by atoms with Gasteiger partial charge in [-0.2, -0.15) is 5.10 Å². The molecular formula is C22H26N6O4S2. The molecule has 4 rings (SSSR count). The van der Waals surface area contributed by atoms with E-state index in [1.807, 2.05) is 43.3 Å². The van der Waals surface area contributed by atoms with E-state index in [9.17, 15) is 4.79 Å². The molecule has 0 amide bonds. The van der Waals surface area contributed by atoms with Crippen LogP contribution in [0.4, 0.5) is 11.4 Å². The van der Waals surface area contributed by atoms with Gasteiger partial charge >= 0.3 is 5.97 Å². The number of benzene rings is 2. The molecular weight excluding hydrogens is 476 g/mol. The molecule has 2 heterocycles. The summed E-state index contributed by atoms with van der Waals surface area (Å²) in [6.45, 7) is 6.28. The van der Waals surface area contributed by atoms with Crippen LogP contribution in [0.3, 0.4) is 0 Å². The third kappa shape index (κ3) is 5.77. The van der Waals surface area contributed by atoms with Crippen LogP contribution in [0.15, 0.2) is 47.6 Å². The Morgan fingerprint density at radius 2 is 2.21 bits per heavy atom. The summed E-state index contributed by atoms with van der Waals surface area (Å²) in [5.74, 6) is -0.798. The minimum atomic E-state index is -0.798. The van der Waals surface area contributed by atoms with Crippen molar-refractivity contribution in [3.63, 3.8) is 0 Å². The van der Waals surface area contributed by atoms with Gasteiger partial charge < -0.3 is 15.3 Å². The average Bonchev–Trinajstić information content (AvgIpc) is 3.24. The number of nitrogens with one attached hydrogen (secondary N) is 3. The topological polar surface area (TPSA) is 117 Å². The summed E-state index contributed by atoms with van der Waals surface area (Å²) in [6.07, 6.45) is 1.70. The van der Waals surface area contributed by atoms with Gasteiger partial charge in [0.25, 0.3) is 0 Å². The fourth-order valence-corrected chi connectivity index (χ4v) is 4.73. The molecule has 1 aliphatic rings. The van der Waals surface area contributed by atoms with Crippen LogP contribution in [-0.4, -0.2) is 51.5 Å². The number of carboxylic acid groups (broad SMARTS) is 1. The monoisotopic (exact) mass is 502 g/mol. The van der Waals surface area contributed by atoms with Crippen molar-refractivity contribution >= 4 is 41.6 Å². The number of anilines is 2. The molecule has 1 aliphatic heterocycles. The van der Waals surface area contributed by atoms with Crippen molar-refractivity contribution in [2.75, 3.05) is 30.0 Å². The molecule has 1 fully saturated rings. The maximum Gasteiger partial charge on any atom is 0.304 e. The Labute approximate surface area is 206 Å². The minimum absolute atomic E-state index is 0.0853. The largest absolute Gasteiger partial charge is 0.481 e. The first-order valence-electron chi connectivity index (χ1n) is 10.7. The zero-order valence-corrected chi connectivity index (χ0v) is 20.4. The number of piperazine rings is 1. The van der Waals surface area contributed by atoms with E-state index in [4.69, 9.17) is 26.6 Å². The number of carboxylic acids is 1. The van der Waals surface area contributed by atoms with Gasteiger partial charge in [0, 0.05) is 36.3 Å². The number of hydrogen-bond donors (Lipinski definition) is 4. The van der Waals surface area contributed by atoms with E-state index in [-0.39, 0.29) is 12.5 Å². The highest BCUT2D eigenvalue weighted by Crippen LogP contribution is 2.34. The second-order valence-corrected chi connectivity index (χ2v) is 9.10. The lowest BCUT2D eigenvalue weighted by atomic mass is 10.0. The molecule has 1 saturated heterocycles. The van der Waals surface area contributed by atoms with E-state index in [0.717, 1.165) is 52.5 Å². The standard InChI is InChI=1S/C22H26N6O4S2/c1-14-6-7-19(15(2)21(14)27-9-8-23-17(12-27)11-20(29)30)34-32-31-26-16-4-3-5-18(10-16)28-13-24-25-22(28)33/h3-7,10,13,17,23,26H,8-9,11-12H2,1-2H3,(H,25,33)(H,29,30). The highest BCUT2D eigenvalue weighted by atomic mass is 32.2. The van der Waals surface area contributed by atoms with Crippen molar-refractivity contribution < 1.29 is 19.2 Å². The van der Waals surface area contributed by atoms with Crippen molar-refractivity contribution in [1.82, 2.24) is 20.1 Å². The average molecular weight is 503 g/mol. The lowest BCUT2D eigenvalue weighted by Crippen LogP contribution is -2.51. The smallest absolute Gasteiger partial charge is 0.304 e. The number of hydrogen-bond acceptors (Lipinski definition) is 9. The van der Waals surface area contributed by atoms with Crippen LogP contribution in [0.25, 0.3) is 5.69 Å². The highest BCUT2D eigenvalue weighted by molar-refractivity contribution is 7.94. The first-order chi connectivity index (χ1) is 16.4. The molecule has 10 nitrogen and oxygen atoms in total. The van der Waals surface area contributed by atoms with Gasteiger partial charge in [0.1, 0.15) is 6.33 Å². The summed E-state index contributed by atoms with van der Waals surface area (Å²) in [7, 11) is 0. The first-order valence-corrected chi connectivity index (χ1v) is 11.9. The number of aryl methyl sites for hydroxylation is 1. The quantitative estimate of drug-likeness (QED) is 0.113. The van der Waals surface area contributed by atoms with Crippen LogP contribution in [0.5, 0.6) is 0 Å². The fourth-order valence-electron chi connectivity index (χ4n) is 4.04. The van der Waals surface area contributed by atoms with Gasteiger partial charge in [-0.05, 0) is 61.5 Å². The summed E-state index contributed by atoms with van der Waals surface area (Å²) in [5, 5.41) is 19.1. The second kappa shape index (κ2) is 11.0. The molecule has 0 spiro atoms. The zero-order valence-electron chi connectivity index (χ0n) is 18.8. The molecule has 0 aliphatic carbocycles. The van der Waals surface area contributed by atoms with Gasteiger partial charge in [0.15, 0.2) is 4.77 Å². The normalized spacial score (nSPS) is 15.9. The molecule has 0 saturated carbocycles. The van der Waals surface area contributed by atoms with Gasteiger partial charge in [-0.1, -0.05) is 12.1 Å². The first kappa shape index (κ1) is 24.2. The Kier molecular flexibility index (Phi) is 7.85. The minimum Gasteiger partial charge on any atom is -0.481 e. The van der Waals surface area contributed by atoms with Crippen LogP contribution in [-0.2, 0) is 14.1 Å². The Morgan fingerprint density at radius 1 is 1.35 bits per heavy atom. The predicted molar refractivity (Wildman–Crippen MR) is 133 cm³/mol. The molecule has 180 valence electrons. The fraction of sp³-hybridized carbons (Fsp3) is 0.318. The summed E-state index contributed by atoms with van der Waals surface area (Å²) in [6, 6.07) is 11.4. The lowest BCUT2D eigenvalue weighted by molar-refractivity contribution is -0.161. The number of H-pyrrole nitrogens is 1. The van der Waals surface area contributed by atoms with Crippen LogP contribution in [0.2, 0.25) is 0 Å². The molecule has 1 aromatic heterocycles. The number of aliphatic carboxylic acids is 1. The number of carbonyl (C=O) groups is 1. The molecule has 2 aromatic carbocycles. The molecule has 0 radical (unpaired) electrons. The number of nitrogens with zero attached hydrogens (tertiary/aromatic N) is 3. The Bertz CT molecular complexity index is 1210. The van der Waals surface area contributed by atoms with Gasteiger partial charge in [0.05, 0.1) is 29.8 Å². The van der Waals surface area contributed by atoms with E-state index in [1.54, 1.807) is 10.9 Å².